The van der Waals surface area contributed by atoms with Crippen molar-refractivity contribution in [3.63, 3.8) is 0 Å². The molecule has 0 saturated heterocycles. The first-order chi connectivity index (χ1) is 18.3. The van der Waals surface area contributed by atoms with Crippen LogP contribution in [0.5, 0.6) is 0 Å². The zero-order chi connectivity index (χ0) is 24.6. The number of rotatable bonds is 4. The molecule has 0 unspecified atom stereocenters. The first-order valence-corrected chi connectivity index (χ1v) is 13.0. The molecule has 3 aromatic heterocycles. The van der Waals surface area contributed by atoms with E-state index in [4.69, 9.17) is 19.9 Å². The van der Waals surface area contributed by atoms with Crippen LogP contribution in [0.15, 0.2) is 121 Å². The summed E-state index contributed by atoms with van der Waals surface area (Å²) in [6, 6.07) is 38.8. The second kappa shape index (κ2) is 9.04. The lowest BCUT2D eigenvalue weighted by Gasteiger charge is -2.12. The minimum absolute atomic E-state index is 0.825. The maximum Gasteiger partial charge on any atom is 0.107 e. The summed E-state index contributed by atoms with van der Waals surface area (Å²) in [5.41, 5.74) is 9.90. The molecule has 0 fully saturated rings. The Morgan fingerprint density at radius 3 is 1.51 bits per heavy atom. The quantitative estimate of drug-likeness (QED) is 0.248. The number of nitrogens with zero attached hydrogens (tertiary/aromatic N) is 4. The van der Waals surface area contributed by atoms with Gasteiger partial charge in [0.2, 0.25) is 0 Å². The van der Waals surface area contributed by atoms with E-state index < -0.39 is 0 Å². The van der Waals surface area contributed by atoms with Crippen LogP contribution < -0.4 is 0 Å². The summed E-state index contributed by atoms with van der Waals surface area (Å²) in [4.78, 5) is 21.4. The monoisotopic (exact) mass is 492 g/mol. The molecule has 7 rings (SSSR count). The predicted octanol–water partition coefficient (Wildman–Crippen LogP) is 8.30. The highest BCUT2D eigenvalue weighted by Crippen LogP contribution is 2.36. The van der Waals surface area contributed by atoms with Crippen molar-refractivity contribution in [1.82, 2.24) is 19.9 Å². The average molecular weight is 493 g/mol. The van der Waals surface area contributed by atoms with Gasteiger partial charge in [-0.3, -0.25) is 0 Å². The molecule has 7 aromatic rings. The lowest BCUT2D eigenvalue weighted by atomic mass is 10.0. The molecule has 5 heteroatoms. The molecule has 174 valence electrons. The average Bonchev–Trinajstić information content (AvgIpc) is 3.51. The molecule has 0 spiro atoms. The molecule has 0 bridgehead atoms. The number of thiophene rings is 1. The van der Waals surface area contributed by atoms with Gasteiger partial charge >= 0.3 is 0 Å². The van der Waals surface area contributed by atoms with Crippen molar-refractivity contribution in [1.29, 1.82) is 0 Å². The molecular formula is C32H20N4S. The van der Waals surface area contributed by atoms with E-state index in [0.717, 1.165) is 66.4 Å². The fourth-order valence-electron chi connectivity index (χ4n) is 4.58. The standard InChI is InChI=1S/C32H20N4S/c1-3-10-21(11-4-1)29-31(34-25-15-8-7-14-24(25)33-29)23-17-18-26-27(20-23)36-30(22-12-5-2-6-13-22)32(35-26)28-16-9-19-37-28/h1-20H. The third-order valence-corrected chi connectivity index (χ3v) is 7.23. The molecule has 0 N–H and O–H groups in total. The Kier molecular flexibility index (Phi) is 5.26. The zero-order valence-corrected chi connectivity index (χ0v) is 20.6. The summed E-state index contributed by atoms with van der Waals surface area (Å²) < 4.78 is 0. The summed E-state index contributed by atoms with van der Waals surface area (Å²) in [6.45, 7) is 0. The molecule has 0 aliphatic heterocycles. The minimum Gasteiger partial charge on any atom is -0.244 e. The van der Waals surface area contributed by atoms with Crippen molar-refractivity contribution < 1.29 is 0 Å². The van der Waals surface area contributed by atoms with Gasteiger partial charge in [0.25, 0.3) is 0 Å². The molecule has 0 atom stereocenters. The molecule has 3 heterocycles. The summed E-state index contributed by atoms with van der Waals surface area (Å²) in [6.07, 6.45) is 0. The van der Waals surface area contributed by atoms with Crippen molar-refractivity contribution in [3.05, 3.63) is 121 Å². The van der Waals surface area contributed by atoms with Crippen LogP contribution in [0, 0.1) is 0 Å². The summed E-state index contributed by atoms with van der Waals surface area (Å²) in [7, 11) is 0. The van der Waals surface area contributed by atoms with Crippen LogP contribution in [0.25, 0.3) is 66.4 Å². The van der Waals surface area contributed by atoms with E-state index >= 15 is 0 Å². The van der Waals surface area contributed by atoms with Crippen molar-refractivity contribution in [3.8, 4) is 44.3 Å². The third-order valence-electron chi connectivity index (χ3n) is 6.36. The second-order valence-corrected chi connectivity index (χ2v) is 9.69. The van der Waals surface area contributed by atoms with Crippen molar-refractivity contribution in [2.24, 2.45) is 0 Å². The third kappa shape index (κ3) is 3.96. The van der Waals surface area contributed by atoms with E-state index in [9.17, 15) is 0 Å². The highest BCUT2D eigenvalue weighted by molar-refractivity contribution is 7.13. The highest BCUT2D eigenvalue weighted by Gasteiger charge is 2.17. The van der Waals surface area contributed by atoms with Gasteiger partial charge in [0.05, 0.1) is 44.0 Å². The van der Waals surface area contributed by atoms with Crippen LogP contribution in [-0.4, -0.2) is 19.9 Å². The van der Waals surface area contributed by atoms with Gasteiger partial charge in [-0.15, -0.1) is 11.3 Å². The van der Waals surface area contributed by atoms with E-state index in [2.05, 4.69) is 47.8 Å². The molecule has 37 heavy (non-hydrogen) atoms. The fourth-order valence-corrected chi connectivity index (χ4v) is 5.30. The normalized spacial score (nSPS) is 11.2. The van der Waals surface area contributed by atoms with E-state index in [1.807, 2.05) is 72.8 Å². The Hall–Kier alpha value is -4.74. The predicted molar refractivity (Wildman–Crippen MR) is 152 cm³/mol. The van der Waals surface area contributed by atoms with Gasteiger partial charge in [0, 0.05) is 16.7 Å². The van der Waals surface area contributed by atoms with Crippen LogP contribution in [0.1, 0.15) is 0 Å². The Balaban J connectivity index is 1.47. The number of benzene rings is 4. The summed E-state index contributed by atoms with van der Waals surface area (Å²) in [5, 5.41) is 2.07. The van der Waals surface area contributed by atoms with Crippen molar-refractivity contribution in [2.45, 2.75) is 0 Å². The number of hydrogen-bond acceptors (Lipinski definition) is 5. The van der Waals surface area contributed by atoms with E-state index in [0.29, 0.717) is 0 Å². The van der Waals surface area contributed by atoms with Gasteiger partial charge in [-0.25, -0.2) is 19.9 Å². The van der Waals surface area contributed by atoms with Crippen LogP contribution in [0.4, 0.5) is 0 Å². The Morgan fingerprint density at radius 1 is 0.378 bits per heavy atom. The molecular weight excluding hydrogens is 472 g/mol. The van der Waals surface area contributed by atoms with E-state index in [-0.39, 0.29) is 0 Å². The van der Waals surface area contributed by atoms with Crippen molar-refractivity contribution >= 4 is 33.4 Å². The lowest BCUT2D eigenvalue weighted by molar-refractivity contribution is 1.28. The first-order valence-electron chi connectivity index (χ1n) is 12.1. The Bertz CT molecular complexity index is 1870. The van der Waals surface area contributed by atoms with Crippen LogP contribution >= 0.6 is 11.3 Å². The lowest BCUT2D eigenvalue weighted by Crippen LogP contribution is -1.97. The van der Waals surface area contributed by atoms with E-state index in [1.54, 1.807) is 11.3 Å². The summed E-state index contributed by atoms with van der Waals surface area (Å²) >= 11 is 1.67. The van der Waals surface area contributed by atoms with Crippen LogP contribution in [0.3, 0.4) is 0 Å². The molecule has 0 radical (unpaired) electrons. The van der Waals surface area contributed by atoms with Crippen LogP contribution in [-0.2, 0) is 0 Å². The molecule has 4 aromatic carbocycles. The van der Waals surface area contributed by atoms with Crippen molar-refractivity contribution in [2.75, 3.05) is 0 Å². The minimum atomic E-state index is 0.825. The van der Waals surface area contributed by atoms with Gasteiger partial charge in [-0.05, 0) is 35.7 Å². The van der Waals surface area contributed by atoms with E-state index in [1.165, 1.54) is 0 Å². The zero-order valence-electron chi connectivity index (χ0n) is 19.7. The largest absolute Gasteiger partial charge is 0.244 e. The molecule has 0 amide bonds. The van der Waals surface area contributed by atoms with Gasteiger partial charge in [-0.1, -0.05) is 84.9 Å². The van der Waals surface area contributed by atoms with Gasteiger partial charge in [-0.2, -0.15) is 0 Å². The molecule has 0 aliphatic carbocycles. The maximum atomic E-state index is 5.15. The number of aromatic nitrogens is 4. The first kappa shape index (κ1) is 21.5. The number of para-hydroxylation sites is 2. The Labute approximate surface area is 218 Å². The number of fused-ring (bicyclic) bond motifs is 2. The van der Waals surface area contributed by atoms with Crippen LogP contribution in [0.2, 0.25) is 0 Å². The fraction of sp³-hybridized carbons (Fsp3) is 0. The molecule has 0 aliphatic rings. The second-order valence-electron chi connectivity index (χ2n) is 8.74. The summed E-state index contributed by atoms with van der Waals surface area (Å²) in [5.74, 6) is 0. The highest BCUT2D eigenvalue weighted by atomic mass is 32.1. The molecule has 0 saturated carbocycles. The van der Waals surface area contributed by atoms with Gasteiger partial charge in [0.15, 0.2) is 0 Å². The SMILES string of the molecule is c1ccc(-c2nc3ccccc3nc2-c2ccc3nc(-c4cccs4)c(-c4ccccc4)nc3c2)cc1. The topological polar surface area (TPSA) is 51.6 Å². The Morgan fingerprint density at radius 2 is 0.892 bits per heavy atom. The maximum absolute atomic E-state index is 5.15. The smallest absolute Gasteiger partial charge is 0.107 e. The van der Waals surface area contributed by atoms with Gasteiger partial charge in [0.1, 0.15) is 5.69 Å². The van der Waals surface area contributed by atoms with Gasteiger partial charge < -0.3 is 0 Å². The number of hydrogen-bond donors (Lipinski definition) is 0. The molecule has 4 nitrogen and oxygen atoms in total.